The van der Waals surface area contributed by atoms with E-state index in [-0.39, 0.29) is 12.3 Å². The van der Waals surface area contributed by atoms with Gasteiger partial charge in [-0.1, -0.05) is 24.3 Å². The van der Waals surface area contributed by atoms with Gasteiger partial charge in [-0.2, -0.15) is 4.31 Å². The monoisotopic (exact) mass is 410 g/mol. The highest BCUT2D eigenvalue weighted by Crippen LogP contribution is 2.26. The lowest BCUT2D eigenvalue weighted by molar-refractivity contribution is 0.395. The molecule has 1 heterocycles. The molecule has 0 aromatic heterocycles. The second-order valence-corrected chi connectivity index (χ2v) is 10.2. The quantitative estimate of drug-likeness (QED) is 0.786. The summed E-state index contributed by atoms with van der Waals surface area (Å²) in [5.74, 6) is 0.293. The van der Waals surface area contributed by atoms with Crippen LogP contribution in [0.2, 0.25) is 0 Å². The zero-order valence-corrected chi connectivity index (χ0v) is 16.8. The molecular formula is C18H22N2O5S2. The van der Waals surface area contributed by atoms with E-state index in [1.54, 1.807) is 36.4 Å². The molecule has 0 amide bonds. The van der Waals surface area contributed by atoms with Crippen molar-refractivity contribution in [3.05, 3.63) is 59.2 Å². The molecule has 9 heteroatoms. The van der Waals surface area contributed by atoms with E-state index >= 15 is 0 Å². The molecule has 0 fully saturated rings. The highest BCUT2D eigenvalue weighted by atomic mass is 32.2. The molecule has 0 atom stereocenters. The average molecular weight is 411 g/mol. The van der Waals surface area contributed by atoms with Gasteiger partial charge in [0.2, 0.25) is 20.0 Å². The Labute approximate surface area is 160 Å². The van der Waals surface area contributed by atoms with Gasteiger partial charge in [0.1, 0.15) is 5.75 Å². The zero-order valence-electron chi connectivity index (χ0n) is 15.2. The minimum absolute atomic E-state index is 0.219. The number of benzene rings is 2. The van der Waals surface area contributed by atoms with Crippen molar-refractivity contribution in [2.45, 2.75) is 18.7 Å². The van der Waals surface area contributed by atoms with Crippen molar-refractivity contribution in [2.75, 3.05) is 24.6 Å². The van der Waals surface area contributed by atoms with E-state index in [1.807, 2.05) is 6.07 Å². The predicted octanol–water partition coefficient (Wildman–Crippen LogP) is 1.95. The van der Waals surface area contributed by atoms with Gasteiger partial charge in [-0.05, 0) is 35.7 Å². The van der Waals surface area contributed by atoms with Crippen LogP contribution in [0.5, 0.6) is 5.75 Å². The van der Waals surface area contributed by atoms with Crippen molar-refractivity contribution in [3.8, 4) is 5.75 Å². The number of ether oxygens (including phenoxy) is 1. The number of nitrogens with one attached hydrogen (secondary N) is 1. The van der Waals surface area contributed by atoms with Gasteiger partial charge >= 0.3 is 0 Å². The molecule has 1 aliphatic rings. The molecule has 0 saturated heterocycles. The van der Waals surface area contributed by atoms with Crippen LogP contribution in [-0.4, -0.2) is 41.1 Å². The largest absolute Gasteiger partial charge is 0.496 e. The maximum absolute atomic E-state index is 12.6. The smallest absolute Gasteiger partial charge is 0.237 e. The first kappa shape index (κ1) is 19.7. The van der Waals surface area contributed by atoms with Gasteiger partial charge in [-0.25, -0.2) is 16.8 Å². The molecule has 2 aromatic carbocycles. The standard InChI is InChI=1S/C18H22N2O5S2/c1-25-18-6-4-3-5-15(18)13-27(23,24)19-17-8-7-14-9-10-20(26(2,21)22)12-16(14)11-17/h3-8,11,19H,9-10,12-13H2,1-2H3. The van der Waals surface area contributed by atoms with E-state index in [0.29, 0.717) is 30.0 Å². The van der Waals surface area contributed by atoms with Crippen molar-refractivity contribution in [3.63, 3.8) is 0 Å². The first-order valence-electron chi connectivity index (χ1n) is 8.37. The molecule has 0 spiro atoms. The molecule has 7 nitrogen and oxygen atoms in total. The summed E-state index contributed by atoms with van der Waals surface area (Å²) in [4.78, 5) is 0. The third-order valence-corrected chi connectivity index (χ3v) is 6.95. The lowest BCUT2D eigenvalue weighted by atomic mass is 10.0. The van der Waals surface area contributed by atoms with Gasteiger partial charge in [0.15, 0.2) is 0 Å². The molecular weight excluding hydrogens is 388 g/mol. The highest BCUT2D eigenvalue weighted by molar-refractivity contribution is 7.91. The Morgan fingerprint density at radius 2 is 1.81 bits per heavy atom. The lowest BCUT2D eigenvalue weighted by Gasteiger charge is -2.27. The molecule has 27 heavy (non-hydrogen) atoms. The van der Waals surface area contributed by atoms with Gasteiger partial charge in [-0.15, -0.1) is 0 Å². The maximum atomic E-state index is 12.6. The Hall–Kier alpha value is -2.10. The highest BCUT2D eigenvalue weighted by Gasteiger charge is 2.24. The summed E-state index contributed by atoms with van der Waals surface area (Å²) in [5.41, 5.74) is 2.82. The van der Waals surface area contributed by atoms with E-state index in [1.165, 1.54) is 17.7 Å². The molecule has 0 unspecified atom stereocenters. The average Bonchev–Trinajstić information content (AvgIpc) is 2.60. The third-order valence-electron chi connectivity index (χ3n) is 4.46. The molecule has 0 bridgehead atoms. The van der Waals surface area contributed by atoms with Crippen LogP contribution < -0.4 is 9.46 Å². The van der Waals surface area contributed by atoms with Crippen molar-refractivity contribution < 1.29 is 21.6 Å². The topological polar surface area (TPSA) is 92.8 Å². The Balaban J connectivity index is 1.80. The third kappa shape index (κ3) is 4.79. The second kappa shape index (κ2) is 7.49. The molecule has 146 valence electrons. The van der Waals surface area contributed by atoms with Crippen LogP contribution in [0, 0.1) is 0 Å². The van der Waals surface area contributed by atoms with Crippen LogP contribution in [0.25, 0.3) is 0 Å². The van der Waals surface area contributed by atoms with Crippen molar-refractivity contribution >= 4 is 25.7 Å². The van der Waals surface area contributed by atoms with E-state index < -0.39 is 20.0 Å². The number of hydrogen-bond donors (Lipinski definition) is 1. The summed E-state index contributed by atoms with van der Waals surface area (Å²) in [6.07, 6.45) is 1.79. The molecule has 0 aliphatic carbocycles. The van der Waals surface area contributed by atoms with Crippen LogP contribution in [0.4, 0.5) is 5.69 Å². The normalized spacial score (nSPS) is 15.2. The summed E-state index contributed by atoms with van der Waals surface area (Å²) < 4.78 is 57.8. The van der Waals surface area contributed by atoms with Crippen LogP contribution >= 0.6 is 0 Å². The second-order valence-electron chi connectivity index (χ2n) is 6.50. The number of sulfonamides is 2. The van der Waals surface area contributed by atoms with E-state index in [9.17, 15) is 16.8 Å². The fourth-order valence-electron chi connectivity index (χ4n) is 3.12. The number of para-hydroxylation sites is 1. The van der Waals surface area contributed by atoms with Gasteiger partial charge in [-0.3, -0.25) is 4.72 Å². The number of methoxy groups -OCH3 is 1. The molecule has 2 aromatic rings. The number of rotatable bonds is 6. The SMILES string of the molecule is COc1ccccc1CS(=O)(=O)Nc1ccc2c(c1)CN(S(C)(=O)=O)CC2. The fraction of sp³-hybridized carbons (Fsp3) is 0.333. The van der Waals surface area contributed by atoms with Crippen molar-refractivity contribution in [1.82, 2.24) is 4.31 Å². The predicted molar refractivity (Wildman–Crippen MR) is 105 cm³/mol. The summed E-state index contributed by atoms with van der Waals surface area (Å²) in [6.45, 7) is 0.681. The Morgan fingerprint density at radius 3 is 2.52 bits per heavy atom. The summed E-state index contributed by atoms with van der Waals surface area (Å²) in [6, 6.07) is 12.2. The van der Waals surface area contributed by atoms with E-state index in [2.05, 4.69) is 4.72 Å². The Bertz CT molecular complexity index is 1050. The summed E-state index contributed by atoms with van der Waals surface area (Å²) >= 11 is 0. The minimum atomic E-state index is -3.65. The van der Waals surface area contributed by atoms with Gasteiger partial charge in [0, 0.05) is 24.3 Å². The van der Waals surface area contributed by atoms with Crippen molar-refractivity contribution in [1.29, 1.82) is 0 Å². The van der Waals surface area contributed by atoms with Gasteiger partial charge in [0.25, 0.3) is 0 Å². The summed E-state index contributed by atoms with van der Waals surface area (Å²) in [7, 11) is -5.44. The fourth-order valence-corrected chi connectivity index (χ4v) is 5.12. The van der Waals surface area contributed by atoms with E-state index in [0.717, 1.165) is 11.1 Å². The Morgan fingerprint density at radius 1 is 1.07 bits per heavy atom. The molecule has 3 rings (SSSR count). The first-order chi connectivity index (χ1) is 12.7. The Kier molecular flexibility index (Phi) is 5.45. The minimum Gasteiger partial charge on any atom is -0.496 e. The molecule has 0 radical (unpaired) electrons. The van der Waals surface area contributed by atoms with Crippen LogP contribution in [0.15, 0.2) is 42.5 Å². The van der Waals surface area contributed by atoms with Crippen LogP contribution in [-0.2, 0) is 38.8 Å². The molecule has 0 saturated carbocycles. The van der Waals surface area contributed by atoms with Crippen LogP contribution in [0.1, 0.15) is 16.7 Å². The van der Waals surface area contributed by atoms with Gasteiger partial charge < -0.3 is 4.74 Å². The number of fused-ring (bicyclic) bond motifs is 1. The first-order valence-corrected chi connectivity index (χ1v) is 11.9. The van der Waals surface area contributed by atoms with Crippen LogP contribution in [0.3, 0.4) is 0 Å². The molecule has 1 N–H and O–H groups in total. The lowest BCUT2D eigenvalue weighted by Crippen LogP contribution is -2.35. The van der Waals surface area contributed by atoms with E-state index in [4.69, 9.17) is 4.74 Å². The molecule has 1 aliphatic heterocycles. The number of nitrogens with zero attached hydrogens (tertiary/aromatic N) is 1. The number of hydrogen-bond acceptors (Lipinski definition) is 5. The number of anilines is 1. The van der Waals surface area contributed by atoms with Gasteiger partial charge in [0.05, 0.1) is 19.1 Å². The van der Waals surface area contributed by atoms with Crippen molar-refractivity contribution in [2.24, 2.45) is 0 Å². The zero-order chi connectivity index (χ0) is 19.7. The summed E-state index contributed by atoms with van der Waals surface area (Å²) in [5, 5.41) is 0. The maximum Gasteiger partial charge on any atom is 0.237 e.